The maximum atomic E-state index is 12.9. The molecule has 1 atom stereocenters. The number of carbonyl (C=O) groups is 3. The second-order valence-electron chi connectivity index (χ2n) is 24.9. The molecule has 0 rings (SSSR count). The third-order valence-corrected chi connectivity index (χ3v) is 16.9. The summed E-state index contributed by atoms with van der Waals surface area (Å²) >= 11 is 0. The highest BCUT2D eigenvalue weighted by Gasteiger charge is 2.20. The maximum Gasteiger partial charge on any atom is 0.306 e. The molecule has 0 saturated carbocycles. The van der Waals surface area contributed by atoms with Crippen LogP contribution in [0.4, 0.5) is 0 Å². The monoisotopic (exact) mass is 1100 g/mol. The van der Waals surface area contributed by atoms with E-state index in [1.54, 1.807) is 0 Å². The smallest absolute Gasteiger partial charge is 0.306 e. The van der Waals surface area contributed by atoms with Crippen molar-refractivity contribution in [1.82, 2.24) is 0 Å². The lowest BCUT2D eigenvalue weighted by Gasteiger charge is -2.18. The number of hydrogen-bond acceptors (Lipinski definition) is 6. The molecule has 0 radical (unpaired) electrons. The first kappa shape index (κ1) is 76.4. The van der Waals surface area contributed by atoms with Gasteiger partial charge in [0.15, 0.2) is 6.10 Å². The molecular weight excluding hydrogens is 961 g/mol. The van der Waals surface area contributed by atoms with E-state index in [0.29, 0.717) is 19.3 Å². The topological polar surface area (TPSA) is 78.9 Å². The zero-order valence-electron chi connectivity index (χ0n) is 53.5. The minimum Gasteiger partial charge on any atom is -0.462 e. The van der Waals surface area contributed by atoms with Gasteiger partial charge in [-0.2, -0.15) is 0 Å². The van der Waals surface area contributed by atoms with Gasteiger partial charge in [0.25, 0.3) is 0 Å². The van der Waals surface area contributed by atoms with Gasteiger partial charge in [-0.05, 0) is 19.3 Å². The number of unbranched alkanes of at least 4 members (excludes halogenated alkanes) is 57. The van der Waals surface area contributed by atoms with Crippen LogP contribution in [-0.2, 0) is 28.6 Å². The van der Waals surface area contributed by atoms with E-state index in [1.807, 2.05) is 0 Å². The third kappa shape index (κ3) is 65.2. The van der Waals surface area contributed by atoms with E-state index in [1.165, 1.54) is 327 Å². The average molecular weight is 1100 g/mol. The Morgan fingerprint density at radius 1 is 0.205 bits per heavy atom. The SMILES string of the molecule is CCCCCCCCCCCCCCCCCCCCCCCCCCCCC(=O)OCC(COC(=O)CCCCCCCCCCCCC)OC(=O)CCCCCCCCCCCCCCCCCCCCCCCCC. The number of ether oxygens (including phenoxy) is 3. The van der Waals surface area contributed by atoms with Crippen molar-refractivity contribution in [1.29, 1.82) is 0 Å². The summed E-state index contributed by atoms with van der Waals surface area (Å²) in [6.07, 6.45) is 80.1. The van der Waals surface area contributed by atoms with Gasteiger partial charge in [0.1, 0.15) is 13.2 Å². The molecule has 0 aliphatic rings. The molecule has 0 saturated heterocycles. The zero-order valence-corrected chi connectivity index (χ0v) is 53.5. The molecule has 6 heteroatoms. The van der Waals surface area contributed by atoms with Crippen molar-refractivity contribution in [3.63, 3.8) is 0 Å². The fourth-order valence-electron chi connectivity index (χ4n) is 11.5. The van der Waals surface area contributed by atoms with E-state index < -0.39 is 6.10 Å². The van der Waals surface area contributed by atoms with Crippen LogP contribution in [0.2, 0.25) is 0 Å². The van der Waals surface area contributed by atoms with Crippen molar-refractivity contribution in [3.8, 4) is 0 Å². The molecule has 1 unspecified atom stereocenters. The molecule has 0 aromatic rings. The number of rotatable bonds is 68. The molecular formula is C72H140O6. The lowest BCUT2D eigenvalue weighted by atomic mass is 10.0. The minimum absolute atomic E-state index is 0.0603. The third-order valence-electron chi connectivity index (χ3n) is 16.9. The number of esters is 3. The molecule has 6 nitrogen and oxygen atoms in total. The van der Waals surface area contributed by atoms with Crippen molar-refractivity contribution in [2.24, 2.45) is 0 Å². The van der Waals surface area contributed by atoms with Gasteiger partial charge < -0.3 is 14.2 Å². The molecule has 0 aromatic heterocycles. The first-order valence-corrected chi connectivity index (χ1v) is 36.0. The molecule has 0 aliphatic heterocycles. The van der Waals surface area contributed by atoms with Crippen LogP contribution in [0.15, 0.2) is 0 Å². The van der Waals surface area contributed by atoms with Gasteiger partial charge in [-0.3, -0.25) is 14.4 Å². The van der Waals surface area contributed by atoms with Crippen molar-refractivity contribution in [2.45, 2.75) is 431 Å². The summed E-state index contributed by atoms with van der Waals surface area (Å²) in [6, 6.07) is 0. The molecule has 0 aromatic carbocycles. The molecule has 78 heavy (non-hydrogen) atoms. The minimum atomic E-state index is -0.763. The largest absolute Gasteiger partial charge is 0.462 e. The molecule has 464 valence electrons. The summed E-state index contributed by atoms with van der Waals surface area (Å²) in [5.41, 5.74) is 0. The van der Waals surface area contributed by atoms with Gasteiger partial charge in [-0.25, -0.2) is 0 Å². The lowest BCUT2D eigenvalue weighted by Crippen LogP contribution is -2.30. The zero-order chi connectivity index (χ0) is 56.4. The van der Waals surface area contributed by atoms with Crippen molar-refractivity contribution < 1.29 is 28.6 Å². The Morgan fingerprint density at radius 2 is 0.346 bits per heavy atom. The van der Waals surface area contributed by atoms with E-state index in [2.05, 4.69) is 20.8 Å². The van der Waals surface area contributed by atoms with Crippen molar-refractivity contribution in [3.05, 3.63) is 0 Å². The van der Waals surface area contributed by atoms with Gasteiger partial charge in [-0.15, -0.1) is 0 Å². The second kappa shape index (κ2) is 67.9. The van der Waals surface area contributed by atoms with Crippen LogP contribution in [-0.4, -0.2) is 37.2 Å². The van der Waals surface area contributed by atoms with Crippen molar-refractivity contribution in [2.75, 3.05) is 13.2 Å². The normalized spacial score (nSPS) is 11.9. The van der Waals surface area contributed by atoms with E-state index in [0.717, 1.165) is 57.8 Å². The highest BCUT2D eigenvalue weighted by Crippen LogP contribution is 2.20. The molecule has 0 fully saturated rings. The molecule has 0 aliphatic carbocycles. The quantitative estimate of drug-likeness (QED) is 0.0343. The van der Waals surface area contributed by atoms with Crippen LogP contribution >= 0.6 is 0 Å². The molecule has 0 bridgehead atoms. The first-order valence-electron chi connectivity index (χ1n) is 36.0. The molecule has 0 heterocycles. The van der Waals surface area contributed by atoms with Crippen LogP contribution in [0, 0.1) is 0 Å². The van der Waals surface area contributed by atoms with Crippen LogP contribution in [0.3, 0.4) is 0 Å². The van der Waals surface area contributed by atoms with Crippen LogP contribution in [0.1, 0.15) is 425 Å². The Hall–Kier alpha value is -1.59. The van der Waals surface area contributed by atoms with Gasteiger partial charge in [0, 0.05) is 19.3 Å². The Labute approximate surface area is 488 Å². The van der Waals surface area contributed by atoms with Crippen LogP contribution in [0.5, 0.6) is 0 Å². The van der Waals surface area contributed by atoms with E-state index in [9.17, 15) is 14.4 Å². The Balaban J connectivity index is 4.13. The summed E-state index contributed by atoms with van der Waals surface area (Å²) in [7, 11) is 0. The Kier molecular flexibility index (Phi) is 66.5. The van der Waals surface area contributed by atoms with E-state index in [4.69, 9.17) is 14.2 Å². The fraction of sp³-hybridized carbons (Fsp3) is 0.958. The highest BCUT2D eigenvalue weighted by atomic mass is 16.6. The second-order valence-corrected chi connectivity index (χ2v) is 24.9. The van der Waals surface area contributed by atoms with E-state index >= 15 is 0 Å². The van der Waals surface area contributed by atoms with Gasteiger partial charge in [-0.1, -0.05) is 387 Å². The predicted molar refractivity (Wildman–Crippen MR) is 340 cm³/mol. The number of hydrogen-bond donors (Lipinski definition) is 0. The Morgan fingerprint density at radius 3 is 0.513 bits per heavy atom. The standard InChI is InChI=1S/C72H140O6/c1-4-7-10-13-16-19-22-24-26-28-30-32-34-35-36-38-39-41-43-45-47-50-53-56-59-62-65-71(74)77-68-69(67-76-70(73)64-61-58-55-52-49-21-18-15-12-9-6-3)78-72(75)66-63-60-57-54-51-48-46-44-42-40-37-33-31-29-27-25-23-20-17-14-11-8-5-2/h69H,4-68H2,1-3H3. The summed E-state index contributed by atoms with van der Waals surface area (Å²) in [5.74, 6) is -0.822. The predicted octanol–water partition coefficient (Wildman–Crippen LogP) is 24.6. The fourth-order valence-corrected chi connectivity index (χ4v) is 11.5. The van der Waals surface area contributed by atoms with Gasteiger partial charge in [0.05, 0.1) is 0 Å². The first-order chi connectivity index (χ1) is 38.5. The summed E-state index contributed by atoms with van der Waals surface area (Å²) < 4.78 is 17.0. The Bertz CT molecular complexity index is 1170. The van der Waals surface area contributed by atoms with Crippen LogP contribution < -0.4 is 0 Å². The summed E-state index contributed by atoms with van der Waals surface area (Å²) in [6.45, 7) is 6.74. The molecule has 0 spiro atoms. The summed E-state index contributed by atoms with van der Waals surface area (Å²) in [5, 5.41) is 0. The van der Waals surface area contributed by atoms with Gasteiger partial charge >= 0.3 is 17.9 Å². The number of carbonyl (C=O) groups excluding carboxylic acids is 3. The highest BCUT2D eigenvalue weighted by molar-refractivity contribution is 5.71. The average Bonchev–Trinajstić information content (AvgIpc) is 3.44. The van der Waals surface area contributed by atoms with Gasteiger partial charge in [0.2, 0.25) is 0 Å². The lowest BCUT2D eigenvalue weighted by molar-refractivity contribution is -0.167. The molecule has 0 N–H and O–H groups in total. The summed E-state index contributed by atoms with van der Waals surface area (Å²) in [4.78, 5) is 38.4. The van der Waals surface area contributed by atoms with E-state index in [-0.39, 0.29) is 31.1 Å². The molecule has 0 amide bonds. The van der Waals surface area contributed by atoms with Crippen molar-refractivity contribution >= 4 is 17.9 Å². The maximum absolute atomic E-state index is 12.9. The van der Waals surface area contributed by atoms with Crippen LogP contribution in [0.25, 0.3) is 0 Å².